The van der Waals surface area contributed by atoms with Crippen LogP contribution < -0.4 is 0 Å². The van der Waals surface area contributed by atoms with E-state index >= 15 is 0 Å². The van der Waals surface area contributed by atoms with Crippen molar-refractivity contribution in [2.24, 2.45) is 0 Å². The number of hydrogen-bond acceptors (Lipinski definition) is 4. The number of aromatic nitrogens is 2. The zero-order valence-corrected chi connectivity index (χ0v) is 7.64. The quantitative estimate of drug-likeness (QED) is 0.664. The first-order chi connectivity index (χ1) is 5.86. The van der Waals surface area contributed by atoms with Crippen molar-refractivity contribution >= 4 is 11.8 Å². The molecule has 1 aromatic rings. The Morgan fingerprint density at radius 1 is 1.58 bits per heavy atom. The summed E-state index contributed by atoms with van der Waals surface area (Å²) >= 11 is 1.63. The Kier molecular flexibility index (Phi) is 3.55. The number of thioether (sulfide) groups is 1. The second kappa shape index (κ2) is 4.73. The van der Waals surface area contributed by atoms with E-state index in [0.717, 1.165) is 17.2 Å². The molecule has 0 amide bonds. The molecule has 0 aliphatic rings. The normalized spacial score (nSPS) is 9.33. The maximum atomic E-state index is 8.53. The molecule has 1 aromatic heterocycles. The lowest BCUT2D eigenvalue weighted by molar-refractivity contribution is 1.02. The molecule has 0 saturated heterocycles. The minimum absolute atomic E-state index is 0.385. The van der Waals surface area contributed by atoms with Gasteiger partial charge >= 0.3 is 0 Å². The van der Waals surface area contributed by atoms with Gasteiger partial charge < -0.3 is 0 Å². The van der Waals surface area contributed by atoms with Gasteiger partial charge in [0, 0.05) is 0 Å². The van der Waals surface area contributed by atoms with Crippen molar-refractivity contribution in [3.05, 3.63) is 18.1 Å². The Labute approximate surface area is 75.8 Å². The zero-order chi connectivity index (χ0) is 8.81. The first-order valence-corrected chi connectivity index (χ1v) is 4.70. The van der Waals surface area contributed by atoms with Gasteiger partial charge in [-0.25, -0.2) is 4.98 Å². The summed E-state index contributed by atoms with van der Waals surface area (Å²) in [5, 5.41) is 9.36. The first-order valence-electron chi connectivity index (χ1n) is 3.71. The fraction of sp³-hybridized carbons (Fsp3) is 0.375. The van der Waals surface area contributed by atoms with Crippen LogP contribution in [0.1, 0.15) is 19.0 Å². The highest BCUT2D eigenvalue weighted by Gasteiger charge is 1.96. The van der Waals surface area contributed by atoms with E-state index in [9.17, 15) is 0 Å². The highest BCUT2D eigenvalue weighted by Crippen LogP contribution is 2.14. The number of nitriles is 1. The van der Waals surface area contributed by atoms with Crippen LogP contribution in [0, 0.1) is 11.3 Å². The van der Waals surface area contributed by atoms with Crippen LogP contribution in [0.25, 0.3) is 0 Å². The monoisotopic (exact) mass is 179 g/mol. The van der Waals surface area contributed by atoms with Crippen LogP contribution in [-0.2, 0) is 0 Å². The van der Waals surface area contributed by atoms with Crippen LogP contribution in [0.2, 0.25) is 0 Å². The van der Waals surface area contributed by atoms with E-state index in [1.165, 1.54) is 6.20 Å². The van der Waals surface area contributed by atoms with Crippen molar-refractivity contribution in [3.8, 4) is 6.07 Å². The van der Waals surface area contributed by atoms with Gasteiger partial charge in [-0.2, -0.15) is 5.26 Å². The molecular formula is C8H9N3S. The van der Waals surface area contributed by atoms with E-state index in [2.05, 4.69) is 16.9 Å². The lowest BCUT2D eigenvalue weighted by atomic mass is 10.5. The molecule has 1 heterocycles. The Morgan fingerprint density at radius 3 is 3.08 bits per heavy atom. The summed E-state index contributed by atoms with van der Waals surface area (Å²) in [6.07, 6.45) is 4.25. The van der Waals surface area contributed by atoms with Gasteiger partial charge in [-0.15, -0.1) is 11.8 Å². The van der Waals surface area contributed by atoms with E-state index in [-0.39, 0.29) is 0 Å². The predicted molar refractivity (Wildman–Crippen MR) is 47.8 cm³/mol. The zero-order valence-electron chi connectivity index (χ0n) is 6.82. The van der Waals surface area contributed by atoms with Crippen LogP contribution in [0.5, 0.6) is 0 Å². The van der Waals surface area contributed by atoms with Crippen molar-refractivity contribution in [1.29, 1.82) is 5.26 Å². The average Bonchev–Trinajstić information content (AvgIpc) is 2.15. The molecule has 0 radical (unpaired) electrons. The van der Waals surface area contributed by atoms with Gasteiger partial charge in [0.05, 0.1) is 12.4 Å². The van der Waals surface area contributed by atoms with Crippen molar-refractivity contribution in [2.75, 3.05) is 5.75 Å². The summed E-state index contributed by atoms with van der Waals surface area (Å²) in [6, 6.07) is 1.96. The third-order valence-corrected chi connectivity index (χ3v) is 2.29. The second-order valence-corrected chi connectivity index (χ2v) is 3.32. The van der Waals surface area contributed by atoms with Gasteiger partial charge in [0.15, 0.2) is 5.69 Å². The molecule has 0 atom stereocenters. The molecule has 0 N–H and O–H groups in total. The smallest absolute Gasteiger partial charge is 0.160 e. The first kappa shape index (κ1) is 9.01. The molecule has 12 heavy (non-hydrogen) atoms. The van der Waals surface area contributed by atoms with Crippen molar-refractivity contribution in [2.45, 2.75) is 18.4 Å². The molecule has 0 aromatic carbocycles. The standard InChI is InChI=1S/C8H9N3S/c1-2-3-12-8-6-10-5-7(4-9)11-8/h5-6H,2-3H2,1H3. The van der Waals surface area contributed by atoms with Crippen LogP contribution >= 0.6 is 11.8 Å². The molecule has 0 bridgehead atoms. The molecule has 0 unspecified atom stereocenters. The van der Waals surface area contributed by atoms with E-state index in [1.807, 2.05) is 6.07 Å². The van der Waals surface area contributed by atoms with E-state index in [0.29, 0.717) is 5.69 Å². The maximum Gasteiger partial charge on any atom is 0.160 e. The SMILES string of the molecule is CCCSc1cncc(C#N)n1. The van der Waals surface area contributed by atoms with Crippen LogP contribution in [0.4, 0.5) is 0 Å². The Hall–Kier alpha value is -1.08. The van der Waals surface area contributed by atoms with E-state index < -0.39 is 0 Å². The highest BCUT2D eigenvalue weighted by molar-refractivity contribution is 7.99. The summed E-state index contributed by atoms with van der Waals surface area (Å²) in [6.45, 7) is 2.11. The molecule has 3 nitrogen and oxygen atoms in total. The Morgan fingerprint density at radius 2 is 2.42 bits per heavy atom. The van der Waals surface area contributed by atoms with Gasteiger partial charge in [-0.3, -0.25) is 4.98 Å². The Balaban J connectivity index is 2.68. The lowest BCUT2D eigenvalue weighted by Gasteiger charge is -1.96. The highest BCUT2D eigenvalue weighted by atomic mass is 32.2. The topological polar surface area (TPSA) is 49.6 Å². The summed E-state index contributed by atoms with van der Waals surface area (Å²) in [5.74, 6) is 1.02. The Bertz CT molecular complexity index is 293. The van der Waals surface area contributed by atoms with E-state index in [1.54, 1.807) is 18.0 Å². The molecule has 0 spiro atoms. The van der Waals surface area contributed by atoms with Crippen molar-refractivity contribution in [1.82, 2.24) is 9.97 Å². The van der Waals surface area contributed by atoms with Crippen molar-refractivity contribution in [3.63, 3.8) is 0 Å². The van der Waals surface area contributed by atoms with Gasteiger partial charge in [0.25, 0.3) is 0 Å². The number of rotatable bonds is 3. The van der Waals surface area contributed by atoms with Gasteiger partial charge in [-0.05, 0) is 12.2 Å². The third kappa shape index (κ3) is 2.51. The molecule has 62 valence electrons. The second-order valence-electron chi connectivity index (χ2n) is 2.20. The molecule has 0 fully saturated rings. The summed E-state index contributed by atoms with van der Waals surface area (Å²) in [4.78, 5) is 7.97. The predicted octanol–water partition coefficient (Wildman–Crippen LogP) is 1.85. The van der Waals surface area contributed by atoms with Crippen molar-refractivity contribution < 1.29 is 0 Å². The average molecular weight is 179 g/mol. The van der Waals surface area contributed by atoms with Gasteiger partial charge in [0.2, 0.25) is 0 Å². The molecule has 1 rings (SSSR count). The number of hydrogen-bond donors (Lipinski definition) is 0. The van der Waals surface area contributed by atoms with Crippen LogP contribution in [-0.4, -0.2) is 15.7 Å². The molecule has 0 saturated carbocycles. The summed E-state index contributed by atoms with van der Waals surface area (Å²) in [7, 11) is 0. The van der Waals surface area contributed by atoms with E-state index in [4.69, 9.17) is 5.26 Å². The van der Waals surface area contributed by atoms with Gasteiger partial charge in [0.1, 0.15) is 11.1 Å². The summed E-state index contributed by atoms with van der Waals surface area (Å²) in [5.41, 5.74) is 0.385. The minimum atomic E-state index is 0.385. The molecule has 0 aliphatic carbocycles. The minimum Gasteiger partial charge on any atom is -0.259 e. The fourth-order valence-electron chi connectivity index (χ4n) is 0.678. The number of nitrogens with zero attached hydrogens (tertiary/aromatic N) is 3. The summed E-state index contributed by atoms with van der Waals surface area (Å²) < 4.78 is 0. The third-order valence-electron chi connectivity index (χ3n) is 1.18. The van der Waals surface area contributed by atoms with Gasteiger partial charge in [-0.1, -0.05) is 6.92 Å². The molecule has 4 heteroatoms. The lowest BCUT2D eigenvalue weighted by Crippen LogP contribution is -1.88. The molecule has 0 aliphatic heterocycles. The maximum absolute atomic E-state index is 8.53. The molecular weight excluding hydrogens is 170 g/mol. The largest absolute Gasteiger partial charge is 0.259 e. The fourth-order valence-corrected chi connectivity index (χ4v) is 1.39. The van der Waals surface area contributed by atoms with Crippen LogP contribution in [0.15, 0.2) is 17.4 Å². The van der Waals surface area contributed by atoms with Crippen LogP contribution in [0.3, 0.4) is 0 Å².